The van der Waals surface area contributed by atoms with Crippen LogP contribution in [0.15, 0.2) is 24.5 Å². The summed E-state index contributed by atoms with van der Waals surface area (Å²) >= 11 is 0. The fraction of sp³-hybridized carbons (Fsp3) is 0.438. The van der Waals surface area contributed by atoms with E-state index in [-0.39, 0.29) is 23.2 Å². The molecule has 1 aromatic carbocycles. The third-order valence-electron chi connectivity index (χ3n) is 4.90. The molecule has 1 spiro atoms. The van der Waals surface area contributed by atoms with Gasteiger partial charge in [-0.05, 0) is 25.0 Å². The second-order valence-corrected chi connectivity index (χ2v) is 6.38. The average molecular weight is 315 g/mol. The van der Waals surface area contributed by atoms with Crippen molar-refractivity contribution < 1.29 is 9.18 Å². The van der Waals surface area contributed by atoms with Crippen LogP contribution in [-0.4, -0.2) is 27.3 Å². The Morgan fingerprint density at radius 3 is 2.83 bits per heavy atom. The van der Waals surface area contributed by atoms with Crippen LogP contribution in [-0.2, 0) is 12.5 Å². The molecule has 2 heterocycles. The van der Waals surface area contributed by atoms with Crippen LogP contribution in [0.1, 0.15) is 31.2 Å². The Bertz CT molecular complexity index is 766. The highest BCUT2D eigenvalue weighted by Gasteiger charge is 2.48. The minimum absolute atomic E-state index is 0.212. The summed E-state index contributed by atoms with van der Waals surface area (Å²) in [5.41, 5.74) is 1.12. The summed E-state index contributed by atoms with van der Waals surface area (Å²) in [6.45, 7) is 0.516. The minimum Gasteiger partial charge on any atom is -0.293 e. The number of urea groups is 1. The lowest BCUT2D eigenvalue weighted by Crippen LogP contribution is -2.38. The van der Waals surface area contributed by atoms with E-state index in [9.17, 15) is 9.18 Å². The van der Waals surface area contributed by atoms with E-state index in [0.717, 1.165) is 25.7 Å². The first-order valence-electron chi connectivity index (χ1n) is 7.82. The Hall–Kier alpha value is -2.44. The molecule has 23 heavy (non-hydrogen) atoms. The average Bonchev–Trinajstić information content (AvgIpc) is 3.22. The van der Waals surface area contributed by atoms with E-state index in [1.54, 1.807) is 18.0 Å². The van der Waals surface area contributed by atoms with Gasteiger partial charge in [-0.15, -0.1) is 5.10 Å². The number of carbonyl (C=O) groups is 1. The van der Waals surface area contributed by atoms with Crippen LogP contribution < -0.4 is 10.2 Å². The number of benzene rings is 1. The minimum atomic E-state index is -0.313. The quantitative estimate of drug-likeness (QED) is 0.880. The molecule has 1 aliphatic carbocycles. The van der Waals surface area contributed by atoms with Crippen LogP contribution in [0.2, 0.25) is 0 Å². The van der Waals surface area contributed by atoms with Crippen molar-refractivity contribution in [3.05, 3.63) is 35.9 Å². The van der Waals surface area contributed by atoms with Gasteiger partial charge in [-0.3, -0.25) is 14.9 Å². The van der Waals surface area contributed by atoms with E-state index >= 15 is 0 Å². The van der Waals surface area contributed by atoms with Crippen LogP contribution >= 0.6 is 0 Å². The summed E-state index contributed by atoms with van der Waals surface area (Å²) in [4.78, 5) is 18.3. The Balaban J connectivity index is 1.68. The second-order valence-electron chi connectivity index (χ2n) is 6.38. The van der Waals surface area contributed by atoms with Crippen molar-refractivity contribution in [3.63, 3.8) is 0 Å². The number of fused-ring (bicyclic) bond motifs is 2. The molecule has 1 aliphatic heterocycles. The number of aryl methyl sites for hydroxylation is 1. The van der Waals surface area contributed by atoms with E-state index in [2.05, 4.69) is 15.4 Å². The fourth-order valence-electron chi connectivity index (χ4n) is 3.93. The molecule has 6 nitrogen and oxygen atoms in total. The summed E-state index contributed by atoms with van der Waals surface area (Å²) in [6, 6.07) is 4.64. The molecule has 2 amide bonds. The molecule has 4 rings (SSSR count). The van der Waals surface area contributed by atoms with E-state index in [1.165, 1.54) is 17.1 Å². The van der Waals surface area contributed by atoms with Crippen molar-refractivity contribution in [1.82, 2.24) is 14.8 Å². The topological polar surface area (TPSA) is 63.1 Å². The molecule has 1 saturated carbocycles. The summed E-state index contributed by atoms with van der Waals surface area (Å²) in [5.74, 6) is 0.0403. The van der Waals surface area contributed by atoms with Gasteiger partial charge in [0.25, 0.3) is 0 Å². The standard InChI is InChI=1S/C16H18FN5O/c1-21-10-18-14(20-21)19-15(23)22-9-16(7-2-3-8-16)13-11(17)5-4-6-12(13)22/h4-6,10H,2-3,7-9H2,1H3,(H,19,20,23). The van der Waals surface area contributed by atoms with E-state index in [1.807, 2.05) is 6.07 Å². The number of rotatable bonds is 1. The van der Waals surface area contributed by atoms with Crippen molar-refractivity contribution in [2.24, 2.45) is 7.05 Å². The van der Waals surface area contributed by atoms with Crippen molar-refractivity contribution >= 4 is 17.7 Å². The first-order valence-corrected chi connectivity index (χ1v) is 7.82. The molecule has 0 radical (unpaired) electrons. The van der Waals surface area contributed by atoms with Gasteiger partial charge in [-0.2, -0.15) is 0 Å². The predicted molar refractivity (Wildman–Crippen MR) is 83.9 cm³/mol. The molecule has 0 atom stereocenters. The highest BCUT2D eigenvalue weighted by molar-refractivity contribution is 6.02. The summed E-state index contributed by atoms with van der Waals surface area (Å²) in [5, 5.41) is 6.75. The van der Waals surface area contributed by atoms with Gasteiger partial charge < -0.3 is 0 Å². The lowest BCUT2D eigenvalue weighted by molar-refractivity contribution is 0.256. The van der Waals surface area contributed by atoms with Gasteiger partial charge >= 0.3 is 6.03 Å². The fourth-order valence-corrected chi connectivity index (χ4v) is 3.93. The first kappa shape index (κ1) is 14.2. The van der Waals surface area contributed by atoms with Crippen LogP contribution in [0.3, 0.4) is 0 Å². The van der Waals surface area contributed by atoms with Crippen molar-refractivity contribution in [2.75, 3.05) is 16.8 Å². The zero-order valence-corrected chi connectivity index (χ0v) is 12.9. The normalized spacial score (nSPS) is 18.4. The summed E-state index contributed by atoms with van der Waals surface area (Å²) < 4.78 is 16.0. The monoisotopic (exact) mass is 315 g/mol. The van der Waals surface area contributed by atoms with Gasteiger partial charge in [0, 0.05) is 24.6 Å². The maximum Gasteiger partial charge on any atom is 0.328 e. The van der Waals surface area contributed by atoms with Crippen molar-refractivity contribution in [1.29, 1.82) is 0 Å². The maximum absolute atomic E-state index is 14.5. The molecule has 0 unspecified atom stereocenters. The number of nitrogens with zero attached hydrogens (tertiary/aromatic N) is 4. The van der Waals surface area contributed by atoms with E-state index in [0.29, 0.717) is 17.8 Å². The SMILES string of the molecule is Cn1cnc(NC(=O)N2CC3(CCCC3)c3c(F)cccc32)n1. The van der Waals surface area contributed by atoms with Gasteiger partial charge in [0.1, 0.15) is 12.1 Å². The van der Waals surface area contributed by atoms with E-state index < -0.39 is 0 Å². The maximum atomic E-state index is 14.5. The third-order valence-corrected chi connectivity index (χ3v) is 4.90. The van der Waals surface area contributed by atoms with Crippen LogP contribution in [0.4, 0.5) is 20.8 Å². The number of amides is 2. The summed E-state index contributed by atoms with van der Waals surface area (Å²) in [6.07, 6.45) is 5.51. The van der Waals surface area contributed by atoms with Crippen molar-refractivity contribution in [3.8, 4) is 0 Å². The zero-order valence-electron chi connectivity index (χ0n) is 12.9. The number of nitrogens with one attached hydrogen (secondary N) is 1. The number of anilines is 2. The molecule has 0 saturated heterocycles. The molecule has 1 N–H and O–H groups in total. The smallest absolute Gasteiger partial charge is 0.293 e. The highest BCUT2D eigenvalue weighted by Crippen LogP contribution is 2.51. The second kappa shape index (κ2) is 5.04. The predicted octanol–water partition coefficient (Wildman–Crippen LogP) is 2.82. The molecular formula is C16H18FN5O. The zero-order chi connectivity index (χ0) is 16.0. The van der Waals surface area contributed by atoms with Gasteiger partial charge in [-0.1, -0.05) is 18.9 Å². The number of aromatic nitrogens is 3. The molecule has 7 heteroatoms. The third kappa shape index (κ3) is 2.18. The Morgan fingerprint density at radius 1 is 1.35 bits per heavy atom. The van der Waals surface area contributed by atoms with Gasteiger partial charge in [0.15, 0.2) is 0 Å². The Kier molecular flexibility index (Phi) is 3.11. The molecule has 1 fully saturated rings. The first-order chi connectivity index (χ1) is 11.1. The van der Waals surface area contributed by atoms with Gasteiger partial charge in [0.2, 0.25) is 5.95 Å². The van der Waals surface area contributed by atoms with Crippen molar-refractivity contribution in [2.45, 2.75) is 31.1 Å². The van der Waals surface area contributed by atoms with Crippen LogP contribution in [0.5, 0.6) is 0 Å². The molecule has 2 aliphatic rings. The molecule has 0 bridgehead atoms. The van der Waals surface area contributed by atoms with Gasteiger partial charge in [-0.25, -0.2) is 14.2 Å². The number of hydrogen-bond acceptors (Lipinski definition) is 3. The van der Waals surface area contributed by atoms with E-state index in [4.69, 9.17) is 0 Å². The van der Waals surface area contributed by atoms with Gasteiger partial charge in [0.05, 0.1) is 5.69 Å². The summed E-state index contributed by atoms with van der Waals surface area (Å²) in [7, 11) is 1.73. The van der Waals surface area contributed by atoms with Crippen LogP contribution in [0.25, 0.3) is 0 Å². The number of carbonyl (C=O) groups excluding carboxylic acids is 1. The molecular weight excluding hydrogens is 297 g/mol. The van der Waals surface area contributed by atoms with Crippen LogP contribution in [0, 0.1) is 5.82 Å². The lowest BCUT2D eigenvalue weighted by atomic mass is 9.80. The molecule has 2 aromatic rings. The number of hydrogen-bond donors (Lipinski definition) is 1. The molecule has 120 valence electrons. The largest absolute Gasteiger partial charge is 0.328 e. The number of halogens is 1. The Morgan fingerprint density at radius 2 is 2.13 bits per heavy atom. The lowest BCUT2D eigenvalue weighted by Gasteiger charge is -2.24. The Labute approximate surface area is 133 Å². The molecule has 1 aromatic heterocycles. The highest BCUT2D eigenvalue weighted by atomic mass is 19.1.